The quantitative estimate of drug-likeness (QED) is 0.732. The number of amides is 1. The number of rotatable bonds is 2. The highest BCUT2D eigenvalue weighted by atomic mass is 16.6. The number of benzene rings is 2. The summed E-state index contributed by atoms with van der Waals surface area (Å²) in [7, 11) is 0. The maximum Gasteiger partial charge on any atom is 0.265 e. The first kappa shape index (κ1) is 12.2. The van der Waals surface area contributed by atoms with Gasteiger partial charge in [-0.25, -0.2) is 0 Å². The maximum atomic E-state index is 12.1. The van der Waals surface area contributed by atoms with Gasteiger partial charge in [-0.2, -0.15) is 5.01 Å². The molecule has 21 heavy (non-hydrogen) atoms. The molecule has 2 unspecified atom stereocenters. The molecule has 0 spiro atoms. The molecule has 6 nitrogen and oxygen atoms in total. The zero-order valence-corrected chi connectivity index (χ0v) is 10.9. The molecule has 2 atom stereocenters. The van der Waals surface area contributed by atoms with Gasteiger partial charge in [-0.1, -0.05) is 24.3 Å². The van der Waals surface area contributed by atoms with Crippen molar-refractivity contribution < 1.29 is 19.7 Å². The van der Waals surface area contributed by atoms with Crippen LogP contribution >= 0.6 is 0 Å². The van der Waals surface area contributed by atoms with Gasteiger partial charge in [-0.05, 0) is 18.2 Å². The van der Waals surface area contributed by atoms with Crippen LogP contribution in [0.4, 0.5) is 0 Å². The minimum absolute atomic E-state index is 0.195. The van der Waals surface area contributed by atoms with Crippen LogP contribution in [0.3, 0.4) is 0 Å². The summed E-state index contributed by atoms with van der Waals surface area (Å²) in [5, 5.41) is 21.1. The molecule has 2 heterocycles. The van der Waals surface area contributed by atoms with E-state index in [0.29, 0.717) is 11.1 Å². The molecule has 3 N–H and O–H groups in total. The molecule has 0 aromatic heterocycles. The number of nitrogens with zero attached hydrogens (tertiary/aromatic N) is 1. The van der Waals surface area contributed by atoms with Crippen LogP contribution in [-0.2, 0) is 4.74 Å². The molecule has 1 fully saturated rings. The van der Waals surface area contributed by atoms with Crippen molar-refractivity contribution in [2.45, 2.75) is 12.5 Å². The van der Waals surface area contributed by atoms with Crippen molar-refractivity contribution in [1.29, 1.82) is 0 Å². The van der Waals surface area contributed by atoms with Gasteiger partial charge in [-0.3, -0.25) is 10.2 Å². The van der Waals surface area contributed by atoms with Gasteiger partial charge in [0, 0.05) is 11.1 Å². The van der Waals surface area contributed by atoms with Gasteiger partial charge >= 0.3 is 0 Å². The lowest BCUT2D eigenvalue weighted by Crippen LogP contribution is -2.51. The van der Waals surface area contributed by atoms with Gasteiger partial charge in [-0.15, -0.1) is 0 Å². The summed E-state index contributed by atoms with van der Waals surface area (Å²) >= 11 is 0. The van der Waals surface area contributed by atoms with E-state index in [-0.39, 0.29) is 17.4 Å². The highest BCUT2D eigenvalue weighted by Crippen LogP contribution is 2.57. The molecule has 2 bridgehead atoms. The van der Waals surface area contributed by atoms with Gasteiger partial charge in [0.15, 0.2) is 24.0 Å². The lowest BCUT2D eigenvalue weighted by Gasteiger charge is -2.40. The van der Waals surface area contributed by atoms with Gasteiger partial charge in [0.2, 0.25) is 0 Å². The Morgan fingerprint density at radius 3 is 2.62 bits per heavy atom. The first-order chi connectivity index (χ1) is 10.2. The second-order valence-corrected chi connectivity index (χ2v) is 4.99. The van der Waals surface area contributed by atoms with Crippen LogP contribution in [0.25, 0.3) is 0 Å². The third-order valence-corrected chi connectivity index (χ3v) is 3.77. The van der Waals surface area contributed by atoms with E-state index in [1.54, 1.807) is 35.3 Å². The third-order valence-electron chi connectivity index (χ3n) is 3.77. The Morgan fingerprint density at radius 1 is 1.10 bits per heavy atom. The second kappa shape index (κ2) is 4.21. The van der Waals surface area contributed by atoms with E-state index in [1.807, 2.05) is 6.07 Å². The number of hydrogen-bond donors (Lipinski definition) is 3. The number of phenols is 2. The highest BCUT2D eigenvalue weighted by molar-refractivity contribution is 5.93. The van der Waals surface area contributed by atoms with E-state index in [1.165, 1.54) is 6.07 Å². The Hall–Kier alpha value is -2.57. The van der Waals surface area contributed by atoms with Crippen molar-refractivity contribution in [2.75, 3.05) is 0 Å². The van der Waals surface area contributed by atoms with Crippen LogP contribution in [0.2, 0.25) is 0 Å². The smallest absolute Gasteiger partial charge is 0.265 e. The van der Waals surface area contributed by atoms with Crippen molar-refractivity contribution in [3.8, 4) is 11.5 Å². The summed E-state index contributed by atoms with van der Waals surface area (Å²) < 4.78 is 5.55. The molecule has 6 heteroatoms. The summed E-state index contributed by atoms with van der Waals surface area (Å²) in [6, 6.07) is 11.9. The summed E-state index contributed by atoms with van der Waals surface area (Å²) in [5.41, 5.74) is 4.57. The average molecular weight is 284 g/mol. The van der Waals surface area contributed by atoms with Gasteiger partial charge in [0.1, 0.15) is 0 Å². The van der Waals surface area contributed by atoms with Crippen molar-refractivity contribution in [2.24, 2.45) is 0 Å². The maximum absolute atomic E-state index is 12.1. The van der Waals surface area contributed by atoms with E-state index in [4.69, 9.17) is 4.74 Å². The number of nitrogens with one attached hydrogen (secondary N) is 1. The van der Waals surface area contributed by atoms with Crippen molar-refractivity contribution >= 4 is 5.91 Å². The number of carbonyl (C=O) groups is 1. The van der Waals surface area contributed by atoms with Crippen LogP contribution in [0, 0.1) is 0 Å². The molecule has 106 valence electrons. The van der Waals surface area contributed by atoms with E-state index >= 15 is 0 Å². The first-order valence-corrected chi connectivity index (χ1v) is 6.51. The highest BCUT2D eigenvalue weighted by Gasteiger charge is 2.53. The Morgan fingerprint density at radius 2 is 1.86 bits per heavy atom. The predicted molar refractivity (Wildman–Crippen MR) is 72.1 cm³/mol. The Balaban J connectivity index is 1.59. The molecule has 4 rings (SSSR count). The van der Waals surface area contributed by atoms with Crippen molar-refractivity contribution in [3.05, 3.63) is 59.2 Å². The summed E-state index contributed by atoms with van der Waals surface area (Å²) in [6.07, 6.45) is -0.992. The Labute approximate surface area is 120 Å². The molecule has 0 aliphatic carbocycles. The molecule has 2 aliphatic heterocycles. The topological polar surface area (TPSA) is 82.0 Å². The van der Waals surface area contributed by atoms with E-state index in [0.717, 1.165) is 5.56 Å². The molecule has 2 aliphatic rings. The van der Waals surface area contributed by atoms with Gasteiger partial charge in [0.25, 0.3) is 5.91 Å². The monoisotopic (exact) mass is 284 g/mol. The Bertz CT molecular complexity index is 732. The summed E-state index contributed by atoms with van der Waals surface area (Å²) in [5.74, 6) is -0.638. The van der Waals surface area contributed by atoms with Crippen LogP contribution in [0.5, 0.6) is 11.5 Å². The third kappa shape index (κ3) is 1.63. The number of ether oxygens (including phenoxy) is 1. The molecular weight excluding hydrogens is 272 g/mol. The van der Waals surface area contributed by atoms with Crippen molar-refractivity contribution in [1.82, 2.24) is 10.4 Å². The number of aromatic hydroxyl groups is 2. The van der Waals surface area contributed by atoms with E-state index in [9.17, 15) is 15.0 Å². The largest absolute Gasteiger partial charge is 0.504 e. The molecule has 0 radical (unpaired) electrons. The number of phenolic OH excluding ortho intramolecular Hbond substituents is 2. The zero-order chi connectivity index (χ0) is 14.6. The number of hydrogen-bond acceptors (Lipinski definition) is 5. The van der Waals surface area contributed by atoms with Crippen LogP contribution in [-0.4, -0.2) is 21.1 Å². The predicted octanol–water partition coefficient (Wildman–Crippen LogP) is 1.79. The lowest BCUT2D eigenvalue weighted by molar-refractivity contribution is -0.289. The normalized spacial score (nSPS) is 22.5. The van der Waals surface area contributed by atoms with E-state index < -0.39 is 12.5 Å². The fourth-order valence-electron chi connectivity index (χ4n) is 2.72. The average Bonchev–Trinajstić information content (AvgIpc) is 3.03. The molecular formula is C15H12N2O4. The Kier molecular flexibility index (Phi) is 2.44. The van der Waals surface area contributed by atoms with Crippen LogP contribution in [0.1, 0.15) is 33.9 Å². The summed E-state index contributed by atoms with van der Waals surface area (Å²) in [4.78, 5) is 12.1. The first-order valence-electron chi connectivity index (χ1n) is 6.51. The van der Waals surface area contributed by atoms with Crippen molar-refractivity contribution in [3.63, 3.8) is 0 Å². The van der Waals surface area contributed by atoms with Crippen LogP contribution < -0.4 is 5.43 Å². The standard InChI is InChI=1S/C15H12N2O4/c18-10-7-6-9-11(12(10)19)15-17(14(9)21-15)16-13(20)8-4-2-1-3-5-8/h1-7,14-15,18-19H,(H,16,20). The zero-order valence-electron chi connectivity index (χ0n) is 10.9. The minimum Gasteiger partial charge on any atom is -0.504 e. The second-order valence-electron chi connectivity index (χ2n) is 4.99. The summed E-state index contributed by atoms with van der Waals surface area (Å²) in [6.45, 7) is 0. The fourth-order valence-corrected chi connectivity index (χ4v) is 2.72. The molecule has 1 saturated heterocycles. The minimum atomic E-state index is -0.565. The number of fused-ring (bicyclic) bond motifs is 5. The molecule has 2 aromatic rings. The van der Waals surface area contributed by atoms with Gasteiger partial charge in [0.05, 0.1) is 5.56 Å². The van der Waals surface area contributed by atoms with E-state index in [2.05, 4.69) is 5.43 Å². The number of carbonyl (C=O) groups excluding carboxylic acids is 1. The SMILES string of the molecule is O=C(NN1C2OC1c1c2ccc(O)c1O)c1ccccc1. The molecule has 1 amide bonds. The molecule has 0 saturated carbocycles. The van der Waals surface area contributed by atoms with Gasteiger partial charge < -0.3 is 14.9 Å². The van der Waals surface area contributed by atoms with Crippen LogP contribution in [0.15, 0.2) is 42.5 Å². The lowest BCUT2D eigenvalue weighted by atomic mass is 10.1. The molecule has 2 aromatic carbocycles. The number of hydrazine groups is 1. The fraction of sp³-hybridized carbons (Fsp3) is 0.133.